The third kappa shape index (κ3) is 4.13. The highest BCUT2D eigenvalue weighted by atomic mass is 16.3. The normalized spacial score (nSPS) is 19.0. The van der Waals surface area contributed by atoms with Crippen LogP contribution in [0.1, 0.15) is 57.1 Å². The summed E-state index contributed by atoms with van der Waals surface area (Å²) in [6, 6.07) is 2.04. The smallest absolute Gasteiger partial charge is 0.0544 e. The molecule has 3 nitrogen and oxygen atoms in total. The van der Waals surface area contributed by atoms with Crippen molar-refractivity contribution in [1.82, 2.24) is 9.78 Å². The van der Waals surface area contributed by atoms with Gasteiger partial charge in [0.1, 0.15) is 0 Å². The Labute approximate surface area is 110 Å². The van der Waals surface area contributed by atoms with Crippen molar-refractivity contribution >= 4 is 0 Å². The molecule has 18 heavy (non-hydrogen) atoms. The van der Waals surface area contributed by atoms with Crippen LogP contribution in [0.25, 0.3) is 0 Å². The van der Waals surface area contributed by atoms with Gasteiger partial charge in [-0.2, -0.15) is 5.10 Å². The summed E-state index contributed by atoms with van der Waals surface area (Å²) in [5.41, 5.74) is 1.21. The van der Waals surface area contributed by atoms with Crippen molar-refractivity contribution in [3.63, 3.8) is 0 Å². The van der Waals surface area contributed by atoms with Gasteiger partial charge in [-0.3, -0.25) is 4.68 Å². The molecule has 1 unspecified atom stereocenters. The minimum Gasteiger partial charge on any atom is -0.393 e. The molecule has 1 aromatic heterocycles. The predicted octanol–water partition coefficient (Wildman–Crippen LogP) is 3.07. The molecule has 1 N–H and O–H groups in total. The summed E-state index contributed by atoms with van der Waals surface area (Å²) in [6.07, 6.45) is 12.7. The first-order valence-electron chi connectivity index (χ1n) is 7.40. The lowest BCUT2D eigenvalue weighted by Gasteiger charge is -2.22. The van der Waals surface area contributed by atoms with Crippen LogP contribution in [0.4, 0.5) is 0 Å². The maximum atomic E-state index is 10.0. The molecule has 0 aliphatic heterocycles. The van der Waals surface area contributed by atoms with Crippen molar-refractivity contribution in [1.29, 1.82) is 0 Å². The van der Waals surface area contributed by atoms with Crippen molar-refractivity contribution in [3.8, 4) is 0 Å². The van der Waals surface area contributed by atoms with Crippen LogP contribution in [0.2, 0.25) is 0 Å². The maximum absolute atomic E-state index is 10.0. The van der Waals surface area contributed by atoms with Gasteiger partial charge in [-0.15, -0.1) is 0 Å². The van der Waals surface area contributed by atoms with Crippen LogP contribution in [0.15, 0.2) is 12.3 Å². The lowest BCUT2D eigenvalue weighted by Crippen LogP contribution is -2.13. The first kappa shape index (κ1) is 13.6. The van der Waals surface area contributed by atoms with Gasteiger partial charge in [0.2, 0.25) is 0 Å². The lowest BCUT2D eigenvalue weighted by molar-refractivity contribution is 0.140. The van der Waals surface area contributed by atoms with Gasteiger partial charge in [0.05, 0.1) is 6.10 Å². The quantitative estimate of drug-likeness (QED) is 0.842. The molecule has 1 saturated carbocycles. The Kier molecular flexibility index (Phi) is 5.24. The van der Waals surface area contributed by atoms with Crippen LogP contribution in [-0.4, -0.2) is 21.0 Å². The Morgan fingerprint density at radius 3 is 2.78 bits per heavy atom. The standard InChI is InChI=1S/C15H26N2O/c1-17-14(11-12-16-17)8-10-15(18)9-7-13-5-3-2-4-6-13/h11-13,15,18H,2-10H2,1H3. The van der Waals surface area contributed by atoms with E-state index >= 15 is 0 Å². The molecular formula is C15H26N2O. The average Bonchev–Trinajstić information content (AvgIpc) is 2.81. The number of hydrogen-bond acceptors (Lipinski definition) is 2. The van der Waals surface area contributed by atoms with Crippen molar-refractivity contribution in [2.45, 2.75) is 63.9 Å². The summed E-state index contributed by atoms with van der Waals surface area (Å²) in [7, 11) is 1.96. The van der Waals surface area contributed by atoms with E-state index in [1.54, 1.807) is 0 Å². The van der Waals surface area contributed by atoms with E-state index in [2.05, 4.69) is 5.10 Å². The van der Waals surface area contributed by atoms with Crippen molar-refractivity contribution in [2.24, 2.45) is 13.0 Å². The van der Waals surface area contributed by atoms with Gasteiger partial charge in [0.25, 0.3) is 0 Å². The molecule has 1 aliphatic carbocycles. The van der Waals surface area contributed by atoms with E-state index in [0.29, 0.717) is 0 Å². The molecule has 0 amide bonds. The minimum absolute atomic E-state index is 0.137. The Hall–Kier alpha value is -0.830. The number of aryl methyl sites for hydroxylation is 2. The molecule has 1 aliphatic rings. The fourth-order valence-electron chi connectivity index (χ4n) is 3.01. The first-order chi connectivity index (χ1) is 8.75. The zero-order valence-electron chi connectivity index (χ0n) is 11.5. The van der Waals surface area contributed by atoms with Gasteiger partial charge in [0, 0.05) is 18.9 Å². The van der Waals surface area contributed by atoms with Gasteiger partial charge < -0.3 is 5.11 Å². The predicted molar refractivity (Wildman–Crippen MR) is 73.3 cm³/mol. The molecular weight excluding hydrogens is 224 g/mol. The largest absolute Gasteiger partial charge is 0.393 e. The molecule has 1 atom stereocenters. The number of aliphatic hydroxyl groups excluding tert-OH is 1. The molecule has 1 fully saturated rings. The second-order valence-corrected chi connectivity index (χ2v) is 5.72. The number of aromatic nitrogens is 2. The second-order valence-electron chi connectivity index (χ2n) is 5.72. The van der Waals surface area contributed by atoms with Crippen LogP contribution in [-0.2, 0) is 13.5 Å². The Bertz CT molecular complexity index is 342. The first-order valence-corrected chi connectivity index (χ1v) is 7.40. The Balaban J connectivity index is 1.62. The van der Waals surface area contributed by atoms with E-state index < -0.39 is 0 Å². The molecule has 0 radical (unpaired) electrons. The van der Waals surface area contributed by atoms with E-state index in [0.717, 1.165) is 25.2 Å². The molecule has 0 saturated heterocycles. The minimum atomic E-state index is -0.137. The summed E-state index contributed by atoms with van der Waals surface area (Å²) in [6.45, 7) is 0. The van der Waals surface area contributed by atoms with Gasteiger partial charge in [0.15, 0.2) is 0 Å². The zero-order valence-corrected chi connectivity index (χ0v) is 11.5. The summed E-state index contributed by atoms with van der Waals surface area (Å²) in [5.74, 6) is 0.880. The van der Waals surface area contributed by atoms with E-state index in [9.17, 15) is 5.11 Å². The van der Waals surface area contributed by atoms with Gasteiger partial charge >= 0.3 is 0 Å². The molecule has 3 heteroatoms. The highest BCUT2D eigenvalue weighted by Gasteiger charge is 2.15. The summed E-state index contributed by atoms with van der Waals surface area (Å²) in [4.78, 5) is 0. The SMILES string of the molecule is Cn1nccc1CCC(O)CCC1CCCCC1. The zero-order chi connectivity index (χ0) is 12.8. The molecule has 0 bridgehead atoms. The summed E-state index contributed by atoms with van der Waals surface area (Å²) in [5, 5.41) is 14.2. The Morgan fingerprint density at radius 2 is 2.11 bits per heavy atom. The number of nitrogens with zero attached hydrogens (tertiary/aromatic N) is 2. The van der Waals surface area contributed by atoms with Crippen LogP contribution >= 0.6 is 0 Å². The number of hydrogen-bond donors (Lipinski definition) is 1. The molecule has 1 aromatic rings. The highest BCUT2D eigenvalue weighted by molar-refractivity contribution is 5.00. The lowest BCUT2D eigenvalue weighted by atomic mass is 9.85. The van der Waals surface area contributed by atoms with Crippen LogP contribution in [0.5, 0.6) is 0 Å². The van der Waals surface area contributed by atoms with Crippen LogP contribution in [0, 0.1) is 5.92 Å². The van der Waals surface area contributed by atoms with E-state index in [1.807, 2.05) is 24.0 Å². The molecule has 2 rings (SSSR count). The van der Waals surface area contributed by atoms with Crippen molar-refractivity contribution in [2.75, 3.05) is 0 Å². The topological polar surface area (TPSA) is 38.0 Å². The van der Waals surface area contributed by atoms with Crippen molar-refractivity contribution < 1.29 is 5.11 Å². The third-order valence-corrected chi connectivity index (χ3v) is 4.29. The third-order valence-electron chi connectivity index (χ3n) is 4.29. The van der Waals surface area contributed by atoms with Gasteiger partial charge in [-0.05, 0) is 37.7 Å². The molecule has 1 heterocycles. The van der Waals surface area contributed by atoms with E-state index in [1.165, 1.54) is 44.2 Å². The fraction of sp³-hybridized carbons (Fsp3) is 0.800. The van der Waals surface area contributed by atoms with Crippen LogP contribution < -0.4 is 0 Å². The summed E-state index contributed by atoms with van der Waals surface area (Å²) >= 11 is 0. The number of rotatable bonds is 6. The van der Waals surface area contributed by atoms with Crippen molar-refractivity contribution in [3.05, 3.63) is 18.0 Å². The highest BCUT2D eigenvalue weighted by Crippen LogP contribution is 2.28. The van der Waals surface area contributed by atoms with Crippen LogP contribution in [0.3, 0.4) is 0 Å². The second kappa shape index (κ2) is 6.93. The van der Waals surface area contributed by atoms with Gasteiger partial charge in [-0.25, -0.2) is 0 Å². The molecule has 0 aromatic carbocycles. The monoisotopic (exact) mass is 250 g/mol. The Morgan fingerprint density at radius 1 is 1.33 bits per heavy atom. The fourth-order valence-corrected chi connectivity index (χ4v) is 3.01. The maximum Gasteiger partial charge on any atom is 0.0544 e. The van der Waals surface area contributed by atoms with E-state index in [-0.39, 0.29) is 6.10 Å². The van der Waals surface area contributed by atoms with E-state index in [4.69, 9.17) is 0 Å². The number of aliphatic hydroxyl groups is 1. The molecule has 102 valence electrons. The summed E-state index contributed by atoms with van der Waals surface area (Å²) < 4.78 is 1.90. The molecule has 0 spiro atoms. The average molecular weight is 250 g/mol. The van der Waals surface area contributed by atoms with Gasteiger partial charge in [-0.1, -0.05) is 32.1 Å².